The highest BCUT2D eigenvalue weighted by atomic mass is 19.1. The van der Waals surface area contributed by atoms with Crippen LogP contribution in [0.4, 0.5) is 10.1 Å². The van der Waals surface area contributed by atoms with Crippen LogP contribution in [0.15, 0.2) is 84.9 Å². The van der Waals surface area contributed by atoms with Gasteiger partial charge in [0.15, 0.2) is 0 Å². The van der Waals surface area contributed by atoms with Gasteiger partial charge < -0.3 is 16.0 Å². The van der Waals surface area contributed by atoms with Gasteiger partial charge in [-0.1, -0.05) is 60.7 Å². The molecule has 0 radical (unpaired) electrons. The van der Waals surface area contributed by atoms with E-state index in [1.165, 1.54) is 34.0 Å². The van der Waals surface area contributed by atoms with E-state index >= 15 is 0 Å². The molecule has 1 aliphatic rings. The average Bonchev–Trinajstić information content (AvgIpc) is 2.94. The van der Waals surface area contributed by atoms with Crippen molar-refractivity contribution in [2.24, 2.45) is 5.73 Å². The molecule has 1 atom stereocenters. The molecule has 0 spiro atoms. The number of rotatable bonds is 7. The van der Waals surface area contributed by atoms with Crippen LogP contribution >= 0.6 is 0 Å². The fourth-order valence-electron chi connectivity index (χ4n) is 5.21. The summed E-state index contributed by atoms with van der Waals surface area (Å²) in [6, 6.07) is 27.7. The summed E-state index contributed by atoms with van der Waals surface area (Å²) in [5.41, 5.74) is 15.0. The highest BCUT2D eigenvalue weighted by Gasteiger charge is 2.20. The van der Waals surface area contributed by atoms with E-state index in [1.54, 1.807) is 13.0 Å². The second kappa shape index (κ2) is 11.2. The zero-order valence-corrected chi connectivity index (χ0v) is 22.0. The second-order valence-electron chi connectivity index (χ2n) is 10.1. The standard InChI is InChI=1S/C33H34FN3O/c1-22-9-12-26(19-31(22)34)23(2)36-33(38)28-15-16-32-27(18-28)7-5-17-37(32)21-24-10-13-25(14-11-24)30-8-4-3-6-29(30)20-35/h3-4,6,8-16,18-19,23H,5,7,17,20-21,35H2,1-2H3,(H,36,38)/t23-/m0/s1. The minimum Gasteiger partial charge on any atom is -0.367 e. The number of nitrogens with two attached hydrogens (primary N) is 1. The molecule has 4 nitrogen and oxygen atoms in total. The van der Waals surface area contributed by atoms with E-state index in [0.29, 0.717) is 17.7 Å². The van der Waals surface area contributed by atoms with Crippen LogP contribution in [0.3, 0.4) is 0 Å². The summed E-state index contributed by atoms with van der Waals surface area (Å²) in [5.74, 6) is -0.403. The molecule has 4 aromatic carbocycles. The van der Waals surface area contributed by atoms with Crippen LogP contribution in [-0.4, -0.2) is 12.5 Å². The first-order valence-electron chi connectivity index (χ1n) is 13.2. The lowest BCUT2D eigenvalue weighted by molar-refractivity contribution is 0.0939. The van der Waals surface area contributed by atoms with Crippen molar-refractivity contribution in [1.82, 2.24) is 5.32 Å². The molecular weight excluding hydrogens is 473 g/mol. The van der Waals surface area contributed by atoms with E-state index in [4.69, 9.17) is 5.73 Å². The molecule has 0 bridgehead atoms. The van der Waals surface area contributed by atoms with Crippen LogP contribution in [-0.2, 0) is 19.5 Å². The van der Waals surface area contributed by atoms with Gasteiger partial charge in [-0.25, -0.2) is 4.39 Å². The number of anilines is 1. The number of benzene rings is 4. The van der Waals surface area contributed by atoms with Gasteiger partial charge in [-0.2, -0.15) is 0 Å². The van der Waals surface area contributed by atoms with Gasteiger partial charge in [-0.15, -0.1) is 0 Å². The quantitative estimate of drug-likeness (QED) is 0.293. The molecule has 0 saturated carbocycles. The highest BCUT2D eigenvalue weighted by Crippen LogP contribution is 2.31. The Morgan fingerprint density at radius 1 is 1.03 bits per heavy atom. The summed E-state index contributed by atoms with van der Waals surface area (Å²) < 4.78 is 14.0. The van der Waals surface area contributed by atoms with Crippen molar-refractivity contribution in [2.75, 3.05) is 11.4 Å². The maximum Gasteiger partial charge on any atom is 0.251 e. The van der Waals surface area contributed by atoms with Crippen molar-refractivity contribution in [3.63, 3.8) is 0 Å². The molecule has 1 aliphatic heterocycles. The number of halogens is 1. The monoisotopic (exact) mass is 507 g/mol. The van der Waals surface area contributed by atoms with E-state index in [2.05, 4.69) is 52.7 Å². The van der Waals surface area contributed by atoms with Gasteiger partial charge in [0.2, 0.25) is 0 Å². The number of fused-ring (bicyclic) bond motifs is 1. The molecule has 38 heavy (non-hydrogen) atoms. The van der Waals surface area contributed by atoms with E-state index in [0.717, 1.165) is 37.1 Å². The molecule has 0 unspecified atom stereocenters. The lowest BCUT2D eigenvalue weighted by atomic mass is 9.97. The van der Waals surface area contributed by atoms with Crippen molar-refractivity contribution in [2.45, 2.75) is 45.8 Å². The van der Waals surface area contributed by atoms with Gasteiger partial charge in [0, 0.05) is 30.9 Å². The van der Waals surface area contributed by atoms with Crippen LogP contribution in [0.2, 0.25) is 0 Å². The summed E-state index contributed by atoms with van der Waals surface area (Å²) in [5, 5.41) is 3.02. The number of hydrogen-bond acceptors (Lipinski definition) is 3. The van der Waals surface area contributed by atoms with Gasteiger partial charge in [-0.3, -0.25) is 4.79 Å². The highest BCUT2D eigenvalue weighted by molar-refractivity contribution is 5.95. The number of aryl methyl sites for hydroxylation is 2. The van der Waals surface area contributed by atoms with Crippen molar-refractivity contribution >= 4 is 11.6 Å². The Bertz CT molecular complexity index is 1450. The fraction of sp³-hybridized carbons (Fsp3) is 0.242. The van der Waals surface area contributed by atoms with Crippen LogP contribution < -0.4 is 16.0 Å². The number of carbonyl (C=O) groups excluding carboxylic acids is 1. The molecule has 0 saturated heterocycles. The first-order chi connectivity index (χ1) is 18.4. The molecule has 5 heteroatoms. The molecule has 1 heterocycles. The predicted molar refractivity (Wildman–Crippen MR) is 153 cm³/mol. The van der Waals surface area contributed by atoms with Gasteiger partial charge in [-0.05, 0) is 89.9 Å². The largest absolute Gasteiger partial charge is 0.367 e. The Morgan fingerprint density at radius 3 is 2.58 bits per heavy atom. The first-order valence-corrected chi connectivity index (χ1v) is 13.2. The Kier molecular flexibility index (Phi) is 7.57. The van der Waals surface area contributed by atoms with E-state index in [-0.39, 0.29) is 17.8 Å². The van der Waals surface area contributed by atoms with Gasteiger partial charge in [0.05, 0.1) is 6.04 Å². The van der Waals surface area contributed by atoms with E-state index in [1.807, 2.05) is 37.3 Å². The third-order valence-electron chi connectivity index (χ3n) is 7.48. The van der Waals surface area contributed by atoms with E-state index < -0.39 is 0 Å². The number of amides is 1. The van der Waals surface area contributed by atoms with Crippen molar-refractivity contribution < 1.29 is 9.18 Å². The fourth-order valence-corrected chi connectivity index (χ4v) is 5.21. The number of hydrogen-bond donors (Lipinski definition) is 2. The zero-order valence-electron chi connectivity index (χ0n) is 22.0. The van der Waals surface area contributed by atoms with Crippen molar-refractivity contribution in [3.05, 3.63) is 124 Å². The molecule has 0 aromatic heterocycles. The summed E-state index contributed by atoms with van der Waals surface area (Å²) in [6.07, 6.45) is 1.99. The SMILES string of the molecule is Cc1ccc([C@H](C)NC(=O)c2ccc3c(c2)CCCN3Cc2ccc(-c3ccccc3CN)cc2)cc1F. The molecule has 5 rings (SSSR count). The Labute approximate surface area is 224 Å². The van der Waals surface area contributed by atoms with Crippen LogP contribution in [0.1, 0.15) is 57.6 Å². The van der Waals surface area contributed by atoms with Gasteiger partial charge in [0.1, 0.15) is 5.82 Å². The average molecular weight is 508 g/mol. The third-order valence-corrected chi connectivity index (χ3v) is 7.48. The minimum absolute atomic E-state index is 0.147. The normalized spacial score (nSPS) is 13.6. The molecule has 194 valence electrons. The van der Waals surface area contributed by atoms with Crippen LogP contribution in [0, 0.1) is 12.7 Å². The zero-order chi connectivity index (χ0) is 26.6. The molecule has 3 N–H and O–H groups in total. The summed E-state index contributed by atoms with van der Waals surface area (Å²) >= 11 is 0. The number of nitrogens with one attached hydrogen (secondary N) is 1. The maximum atomic E-state index is 14.0. The molecular formula is C33H34FN3O. The Balaban J connectivity index is 1.28. The topological polar surface area (TPSA) is 58.4 Å². The Hall–Kier alpha value is -3.96. The molecule has 1 amide bonds. The van der Waals surface area contributed by atoms with Gasteiger partial charge >= 0.3 is 0 Å². The van der Waals surface area contributed by atoms with Crippen LogP contribution in [0.25, 0.3) is 11.1 Å². The van der Waals surface area contributed by atoms with Crippen molar-refractivity contribution in [1.29, 1.82) is 0 Å². The smallest absolute Gasteiger partial charge is 0.251 e. The molecule has 4 aromatic rings. The lowest BCUT2D eigenvalue weighted by Gasteiger charge is -2.32. The van der Waals surface area contributed by atoms with Crippen LogP contribution in [0.5, 0.6) is 0 Å². The Morgan fingerprint density at radius 2 is 1.82 bits per heavy atom. The maximum absolute atomic E-state index is 14.0. The molecule has 0 aliphatic carbocycles. The summed E-state index contributed by atoms with van der Waals surface area (Å²) in [6.45, 7) is 5.92. The lowest BCUT2D eigenvalue weighted by Crippen LogP contribution is -2.30. The summed E-state index contributed by atoms with van der Waals surface area (Å²) in [4.78, 5) is 15.4. The predicted octanol–water partition coefficient (Wildman–Crippen LogP) is 6.70. The number of nitrogens with zero attached hydrogens (tertiary/aromatic N) is 1. The summed E-state index contributed by atoms with van der Waals surface area (Å²) in [7, 11) is 0. The molecule has 0 fully saturated rings. The van der Waals surface area contributed by atoms with Crippen molar-refractivity contribution in [3.8, 4) is 11.1 Å². The van der Waals surface area contributed by atoms with Gasteiger partial charge in [0.25, 0.3) is 5.91 Å². The number of carbonyl (C=O) groups is 1. The second-order valence-corrected chi connectivity index (χ2v) is 10.1. The van der Waals surface area contributed by atoms with E-state index in [9.17, 15) is 9.18 Å². The first kappa shape index (κ1) is 25.7. The third kappa shape index (κ3) is 5.48. The minimum atomic E-state index is -0.287.